The SMILES string of the molecule is Cc1cc(Cl)c(CCN(C)C(C)(C)C#N)cc1F. The van der Waals surface area contributed by atoms with E-state index in [9.17, 15) is 4.39 Å². The van der Waals surface area contributed by atoms with Gasteiger partial charge in [-0.05, 0) is 57.5 Å². The van der Waals surface area contributed by atoms with E-state index in [0.29, 0.717) is 23.6 Å². The number of rotatable bonds is 4. The molecule has 0 heterocycles. The molecule has 0 saturated carbocycles. The van der Waals surface area contributed by atoms with Crippen LogP contribution in [0.3, 0.4) is 0 Å². The number of hydrogen-bond acceptors (Lipinski definition) is 2. The van der Waals surface area contributed by atoms with Crippen LogP contribution in [0.15, 0.2) is 12.1 Å². The molecular formula is C14H18ClFN2. The third kappa shape index (κ3) is 3.44. The highest BCUT2D eigenvalue weighted by molar-refractivity contribution is 6.31. The molecule has 0 amide bonds. The summed E-state index contributed by atoms with van der Waals surface area (Å²) in [5.74, 6) is -0.239. The fourth-order valence-corrected chi connectivity index (χ4v) is 1.84. The van der Waals surface area contributed by atoms with Crippen molar-refractivity contribution >= 4 is 11.6 Å². The van der Waals surface area contributed by atoms with Crippen LogP contribution in [0.2, 0.25) is 5.02 Å². The Hall–Kier alpha value is -1.11. The van der Waals surface area contributed by atoms with E-state index >= 15 is 0 Å². The molecule has 0 fully saturated rings. The Kier molecular flexibility index (Phi) is 4.72. The maximum absolute atomic E-state index is 13.5. The summed E-state index contributed by atoms with van der Waals surface area (Å²) < 4.78 is 13.5. The molecule has 0 bridgehead atoms. The minimum absolute atomic E-state index is 0.239. The molecule has 4 heteroatoms. The first-order chi connectivity index (χ1) is 8.27. The summed E-state index contributed by atoms with van der Waals surface area (Å²) in [6, 6.07) is 5.35. The predicted octanol–water partition coefficient (Wildman–Crippen LogP) is 3.56. The summed E-state index contributed by atoms with van der Waals surface area (Å²) in [7, 11) is 1.88. The lowest BCUT2D eigenvalue weighted by Gasteiger charge is -2.29. The third-order valence-electron chi connectivity index (χ3n) is 3.27. The van der Waals surface area contributed by atoms with Crippen LogP contribution in [-0.4, -0.2) is 24.0 Å². The standard InChI is InChI=1S/C14H18ClFN2/c1-10-7-12(15)11(8-13(10)16)5-6-18(4)14(2,3)9-17/h7-8H,5-6H2,1-4H3. The Morgan fingerprint density at radius 1 is 1.44 bits per heavy atom. The van der Waals surface area contributed by atoms with E-state index in [1.54, 1.807) is 13.0 Å². The van der Waals surface area contributed by atoms with Gasteiger partial charge < -0.3 is 0 Å². The van der Waals surface area contributed by atoms with Crippen LogP contribution in [0, 0.1) is 24.1 Å². The second-order valence-electron chi connectivity index (χ2n) is 5.04. The zero-order valence-electron chi connectivity index (χ0n) is 11.2. The Balaban J connectivity index is 2.76. The van der Waals surface area contributed by atoms with Gasteiger partial charge in [0, 0.05) is 11.6 Å². The highest BCUT2D eigenvalue weighted by Crippen LogP contribution is 2.22. The third-order valence-corrected chi connectivity index (χ3v) is 3.62. The average Bonchev–Trinajstić information content (AvgIpc) is 2.31. The number of benzene rings is 1. The van der Waals surface area contributed by atoms with Crippen molar-refractivity contribution in [2.45, 2.75) is 32.7 Å². The Bertz CT molecular complexity index is 477. The maximum Gasteiger partial charge on any atom is 0.126 e. The quantitative estimate of drug-likeness (QED) is 0.835. The number of aryl methyl sites for hydroxylation is 1. The lowest BCUT2D eigenvalue weighted by atomic mass is 10.0. The molecule has 1 aromatic rings. The van der Waals surface area contributed by atoms with Crippen LogP contribution in [0.25, 0.3) is 0 Å². The molecule has 0 aliphatic heterocycles. The van der Waals surface area contributed by atoms with Gasteiger partial charge in [-0.1, -0.05) is 11.6 Å². The van der Waals surface area contributed by atoms with E-state index in [0.717, 1.165) is 5.56 Å². The van der Waals surface area contributed by atoms with Gasteiger partial charge in [0.25, 0.3) is 0 Å². The second kappa shape index (κ2) is 5.69. The van der Waals surface area contributed by atoms with Crippen molar-refractivity contribution in [3.63, 3.8) is 0 Å². The fraction of sp³-hybridized carbons (Fsp3) is 0.500. The van der Waals surface area contributed by atoms with Crippen molar-refractivity contribution in [3.8, 4) is 6.07 Å². The van der Waals surface area contributed by atoms with E-state index in [2.05, 4.69) is 6.07 Å². The molecule has 1 rings (SSSR count). The molecule has 0 spiro atoms. The number of nitriles is 1. The van der Waals surface area contributed by atoms with Gasteiger partial charge in [0.1, 0.15) is 11.4 Å². The molecule has 2 nitrogen and oxygen atoms in total. The molecule has 0 N–H and O–H groups in total. The fourth-order valence-electron chi connectivity index (χ4n) is 1.53. The summed E-state index contributed by atoms with van der Waals surface area (Å²) in [5.41, 5.74) is 0.797. The molecule has 1 aromatic carbocycles. The molecule has 0 radical (unpaired) electrons. The van der Waals surface area contributed by atoms with Crippen LogP contribution < -0.4 is 0 Å². The van der Waals surface area contributed by atoms with Crippen molar-refractivity contribution < 1.29 is 4.39 Å². The van der Waals surface area contributed by atoms with E-state index < -0.39 is 5.54 Å². The monoisotopic (exact) mass is 268 g/mol. The van der Waals surface area contributed by atoms with E-state index in [4.69, 9.17) is 16.9 Å². The number of nitrogens with zero attached hydrogens (tertiary/aromatic N) is 2. The normalized spacial score (nSPS) is 11.7. The smallest absolute Gasteiger partial charge is 0.126 e. The lowest BCUT2D eigenvalue weighted by Crippen LogP contribution is -2.40. The first-order valence-electron chi connectivity index (χ1n) is 5.85. The molecule has 0 atom stereocenters. The van der Waals surface area contributed by atoms with Crippen molar-refractivity contribution in [3.05, 3.63) is 34.1 Å². The minimum atomic E-state index is -0.532. The predicted molar refractivity (Wildman–Crippen MR) is 72.2 cm³/mol. The van der Waals surface area contributed by atoms with Gasteiger partial charge in [0.05, 0.1) is 6.07 Å². The first kappa shape index (κ1) is 14.9. The van der Waals surface area contributed by atoms with Gasteiger partial charge in [-0.2, -0.15) is 5.26 Å². The van der Waals surface area contributed by atoms with Gasteiger partial charge in [0.15, 0.2) is 0 Å². The molecule has 0 unspecified atom stereocenters. The van der Waals surface area contributed by atoms with Gasteiger partial charge in [0.2, 0.25) is 0 Å². The second-order valence-corrected chi connectivity index (χ2v) is 5.44. The van der Waals surface area contributed by atoms with Gasteiger partial charge in [-0.3, -0.25) is 4.90 Å². The van der Waals surface area contributed by atoms with Crippen LogP contribution in [0.4, 0.5) is 4.39 Å². The Morgan fingerprint density at radius 2 is 2.06 bits per heavy atom. The van der Waals surface area contributed by atoms with E-state index in [1.165, 1.54) is 6.07 Å². The molecule has 0 saturated heterocycles. The van der Waals surface area contributed by atoms with Crippen molar-refractivity contribution in [1.82, 2.24) is 4.90 Å². The molecule has 0 aliphatic carbocycles. The first-order valence-corrected chi connectivity index (χ1v) is 6.22. The van der Waals surface area contributed by atoms with Gasteiger partial charge in [-0.25, -0.2) is 4.39 Å². The molecule has 0 aliphatic rings. The topological polar surface area (TPSA) is 27.0 Å². The molecule has 0 aromatic heterocycles. The van der Waals surface area contributed by atoms with Crippen molar-refractivity contribution in [2.75, 3.05) is 13.6 Å². The molecule has 98 valence electrons. The largest absolute Gasteiger partial charge is 0.289 e. The summed E-state index contributed by atoms with van der Waals surface area (Å²) in [6.07, 6.45) is 0.623. The van der Waals surface area contributed by atoms with Crippen molar-refractivity contribution in [1.29, 1.82) is 5.26 Å². The van der Waals surface area contributed by atoms with Crippen LogP contribution in [-0.2, 0) is 6.42 Å². The molecular weight excluding hydrogens is 251 g/mol. The van der Waals surface area contributed by atoms with Crippen LogP contribution in [0.5, 0.6) is 0 Å². The zero-order chi connectivity index (χ0) is 13.9. The number of halogens is 2. The minimum Gasteiger partial charge on any atom is -0.289 e. The van der Waals surface area contributed by atoms with Gasteiger partial charge in [-0.15, -0.1) is 0 Å². The summed E-state index contributed by atoms with van der Waals surface area (Å²) in [5, 5.41) is 9.60. The Labute approximate surface area is 113 Å². The highest BCUT2D eigenvalue weighted by Gasteiger charge is 2.22. The Morgan fingerprint density at radius 3 is 2.61 bits per heavy atom. The highest BCUT2D eigenvalue weighted by atomic mass is 35.5. The molecule has 18 heavy (non-hydrogen) atoms. The number of likely N-dealkylation sites (N-methyl/N-ethyl adjacent to an activating group) is 1. The average molecular weight is 269 g/mol. The zero-order valence-corrected chi connectivity index (χ0v) is 12.0. The summed E-state index contributed by atoms with van der Waals surface area (Å²) in [6.45, 7) is 6.05. The van der Waals surface area contributed by atoms with Crippen molar-refractivity contribution in [2.24, 2.45) is 0 Å². The van der Waals surface area contributed by atoms with E-state index in [-0.39, 0.29) is 5.82 Å². The van der Waals surface area contributed by atoms with Gasteiger partial charge >= 0.3 is 0 Å². The van der Waals surface area contributed by atoms with Crippen LogP contribution >= 0.6 is 11.6 Å². The number of hydrogen-bond donors (Lipinski definition) is 0. The summed E-state index contributed by atoms with van der Waals surface area (Å²) in [4.78, 5) is 1.93. The van der Waals surface area contributed by atoms with Crippen LogP contribution in [0.1, 0.15) is 25.0 Å². The summed E-state index contributed by atoms with van der Waals surface area (Å²) >= 11 is 6.08. The lowest BCUT2D eigenvalue weighted by molar-refractivity contribution is 0.214. The van der Waals surface area contributed by atoms with E-state index in [1.807, 2.05) is 25.8 Å². The maximum atomic E-state index is 13.5.